The van der Waals surface area contributed by atoms with Crippen molar-refractivity contribution in [2.24, 2.45) is 11.7 Å². The van der Waals surface area contributed by atoms with Crippen LogP contribution >= 0.6 is 0 Å². The Hall–Kier alpha value is -4.47. The van der Waals surface area contributed by atoms with Crippen LogP contribution in [0.4, 0.5) is 0 Å². The molecule has 9 heteroatoms. The van der Waals surface area contributed by atoms with E-state index in [4.69, 9.17) is 10.7 Å². The molecule has 2 aromatic carbocycles. The largest absolute Gasteiger partial charge is 0.322 e. The molecule has 202 valence electrons. The number of pyridine rings is 1. The molecule has 1 aliphatic rings. The minimum atomic E-state index is -0.426. The summed E-state index contributed by atoms with van der Waals surface area (Å²) in [5, 5.41) is 7.95. The van der Waals surface area contributed by atoms with Gasteiger partial charge in [0.05, 0.1) is 17.9 Å². The monoisotopic (exact) mass is 533 g/mol. The number of amides is 2. The van der Waals surface area contributed by atoms with Crippen molar-refractivity contribution in [3.8, 4) is 22.4 Å². The van der Waals surface area contributed by atoms with Crippen molar-refractivity contribution in [2.75, 3.05) is 19.6 Å². The van der Waals surface area contributed by atoms with E-state index in [1.165, 1.54) is 5.56 Å². The molecule has 2 amide bonds. The van der Waals surface area contributed by atoms with Crippen molar-refractivity contribution in [1.29, 1.82) is 0 Å². The number of imide groups is 1. The van der Waals surface area contributed by atoms with E-state index >= 15 is 0 Å². The molecule has 1 saturated heterocycles. The molecule has 9 nitrogen and oxygen atoms in total. The number of nitrogens with two attached hydrogens (primary N) is 1. The van der Waals surface area contributed by atoms with Crippen LogP contribution in [0.3, 0.4) is 0 Å². The van der Waals surface area contributed by atoms with E-state index in [-0.39, 0.29) is 18.4 Å². The second-order valence-corrected chi connectivity index (χ2v) is 10.3. The number of likely N-dealkylation sites (tertiary alicyclic amines) is 1. The third-order valence-corrected chi connectivity index (χ3v) is 7.50. The maximum atomic E-state index is 12.3. The minimum Gasteiger partial charge on any atom is -0.322 e. The summed E-state index contributed by atoms with van der Waals surface area (Å²) in [6, 6.07) is 22.9. The number of aryl methyl sites for hydroxylation is 1. The lowest BCUT2D eigenvalue weighted by molar-refractivity contribution is -0.133. The standard InChI is InChI=1S/C31H31N7O2/c1-20-15-27-33-18-25-16-26(22-5-3-2-4-6-22)29(35-30(25)38(27)36-20)23-9-7-21(8-10-23)19-37-13-11-24(12-14-37)31(40)34-28(39)17-32/h2-10,15-16,18,24H,11-14,17,19,32H2,1H3,(H,34,39,40). The SMILES string of the molecule is Cc1cc2ncc3cc(-c4ccccc4)c(-c4ccc(CN5CCC(C(=O)NC(=O)CN)CC5)cc4)nc3n2n1. The number of rotatable bonds is 6. The third-order valence-electron chi connectivity index (χ3n) is 7.50. The number of nitrogens with one attached hydrogen (secondary N) is 1. The van der Waals surface area contributed by atoms with Gasteiger partial charge >= 0.3 is 0 Å². The molecule has 40 heavy (non-hydrogen) atoms. The Morgan fingerprint density at radius 2 is 1.75 bits per heavy atom. The van der Waals surface area contributed by atoms with Gasteiger partial charge in [0.1, 0.15) is 0 Å². The van der Waals surface area contributed by atoms with Crippen LogP contribution in [0.2, 0.25) is 0 Å². The Bertz CT molecular complexity index is 1690. The Balaban J connectivity index is 1.25. The van der Waals surface area contributed by atoms with Crippen LogP contribution < -0.4 is 11.1 Å². The maximum absolute atomic E-state index is 12.3. The average Bonchev–Trinajstić information content (AvgIpc) is 3.38. The summed E-state index contributed by atoms with van der Waals surface area (Å²) in [5.41, 5.74) is 13.0. The van der Waals surface area contributed by atoms with E-state index in [1.807, 2.05) is 41.9 Å². The number of carbonyl (C=O) groups is 2. The molecular formula is C31H31N7O2. The first kappa shape index (κ1) is 25.8. The van der Waals surface area contributed by atoms with Crippen molar-refractivity contribution < 1.29 is 9.59 Å². The fourth-order valence-corrected chi connectivity index (χ4v) is 5.38. The Labute approximate surface area is 232 Å². The van der Waals surface area contributed by atoms with E-state index in [9.17, 15) is 9.59 Å². The second kappa shape index (κ2) is 11.0. The van der Waals surface area contributed by atoms with Crippen molar-refractivity contribution in [2.45, 2.75) is 26.3 Å². The highest BCUT2D eigenvalue weighted by atomic mass is 16.2. The van der Waals surface area contributed by atoms with Gasteiger partial charge < -0.3 is 5.73 Å². The summed E-state index contributed by atoms with van der Waals surface area (Å²) in [6.07, 6.45) is 3.31. The highest BCUT2D eigenvalue weighted by molar-refractivity contribution is 5.97. The van der Waals surface area contributed by atoms with Crippen LogP contribution in [0.5, 0.6) is 0 Å². The summed E-state index contributed by atoms with van der Waals surface area (Å²) < 4.78 is 1.81. The van der Waals surface area contributed by atoms with Crippen LogP contribution in [0.15, 0.2) is 72.9 Å². The molecule has 0 spiro atoms. The Morgan fingerprint density at radius 1 is 1.00 bits per heavy atom. The molecule has 0 unspecified atom stereocenters. The first-order chi connectivity index (χ1) is 19.5. The number of nitrogens with zero attached hydrogens (tertiary/aromatic N) is 5. The number of benzene rings is 2. The van der Waals surface area contributed by atoms with Crippen LogP contribution in [-0.4, -0.2) is 55.9 Å². The van der Waals surface area contributed by atoms with Gasteiger partial charge in [-0.05, 0) is 50.0 Å². The Kier molecular flexibility index (Phi) is 7.06. The van der Waals surface area contributed by atoms with Gasteiger partial charge in [-0.3, -0.25) is 19.8 Å². The highest BCUT2D eigenvalue weighted by Crippen LogP contribution is 2.34. The van der Waals surface area contributed by atoms with Crippen molar-refractivity contribution in [1.82, 2.24) is 29.8 Å². The van der Waals surface area contributed by atoms with Gasteiger partial charge in [0.15, 0.2) is 11.3 Å². The van der Waals surface area contributed by atoms with Crippen molar-refractivity contribution >= 4 is 28.5 Å². The smallest absolute Gasteiger partial charge is 0.240 e. The lowest BCUT2D eigenvalue weighted by Crippen LogP contribution is -2.43. The summed E-state index contributed by atoms with van der Waals surface area (Å²) in [5.74, 6) is -0.788. The summed E-state index contributed by atoms with van der Waals surface area (Å²) >= 11 is 0. The predicted molar refractivity (Wildman–Crippen MR) is 154 cm³/mol. The van der Waals surface area contributed by atoms with Crippen LogP contribution in [-0.2, 0) is 16.1 Å². The number of fused-ring (bicyclic) bond motifs is 3. The van der Waals surface area contributed by atoms with Gasteiger partial charge in [0.2, 0.25) is 11.8 Å². The topological polar surface area (TPSA) is 119 Å². The van der Waals surface area contributed by atoms with E-state index in [2.05, 4.69) is 62.8 Å². The molecule has 1 fully saturated rings. The van der Waals surface area contributed by atoms with Gasteiger partial charge in [-0.2, -0.15) is 9.61 Å². The van der Waals surface area contributed by atoms with Crippen LogP contribution in [0.25, 0.3) is 39.1 Å². The van der Waals surface area contributed by atoms with E-state index < -0.39 is 5.91 Å². The second-order valence-electron chi connectivity index (χ2n) is 10.3. The molecule has 0 aliphatic carbocycles. The lowest BCUT2D eigenvalue weighted by Gasteiger charge is -2.31. The molecule has 3 N–H and O–H groups in total. The number of aromatic nitrogens is 4. The average molecular weight is 534 g/mol. The molecular weight excluding hydrogens is 502 g/mol. The quantitative estimate of drug-likeness (QED) is 0.341. The zero-order valence-corrected chi connectivity index (χ0v) is 22.4. The summed E-state index contributed by atoms with van der Waals surface area (Å²) in [7, 11) is 0. The van der Waals surface area contributed by atoms with Crippen LogP contribution in [0.1, 0.15) is 24.1 Å². The first-order valence-electron chi connectivity index (χ1n) is 13.6. The maximum Gasteiger partial charge on any atom is 0.240 e. The van der Waals surface area contributed by atoms with E-state index in [0.29, 0.717) is 0 Å². The van der Waals surface area contributed by atoms with E-state index in [1.54, 1.807) is 0 Å². The summed E-state index contributed by atoms with van der Waals surface area (Å²) in [4.78, 5) is 35.8. The number of carbonyl (C=O) groups excluding carboxylic acids is 2. The zero-order chi connectivity index (χ0) is 27.6. The number of hydrogen-bond donors (Lipinski definition) is 2. The zero-order valence-electron chi connectivity index (χ0n) is 22.4. The molecule has 0 saturated carbocycles. The van der Waals surface area contributed by atoms with Gasteiger partial charge in [-0.25, -0.2) is 9.97 Å². The van der Waals surface area contributed by atoms with Gasteiger partial charge in [-0.1, -0.05) is 54.6 Å². The van der Waals surface area contributed by atoms with Crippen molar-refractivity contribution in [3.63, 3.8) is 0 Å². The number of piperidine rings is 1. The van der Waals surface area contributed by atoms with E-state index in [0.717, 1.165) is 77.2 Å². The molecule has 0 bridgehead atoms. The Morgan fingerprint density at radius 3 is 2.48 bits per heavy atom. The molecule has 1 aliphatic heterocycles. The van der Waals surface area contributed by atoms with Crippen LogP contribution in [0, 0.1) is 12.8 Å². The molecule has 6 rings (SSSR count). The fourth-order valence-electron chi connectivity index (χ4n) is 5.38. The molecule has 3 aromatic heterocycles. The van der Waals surface area contributed by atoms with Gasteiger partial charge in [0.25, 0.3) is 0 Å². The molecule has 0 radical (unpaired) electrons. The minimum absolute atomic E-state index is 0.148. The lowest BCUT2D eigenvalue weighted by atomic mass is 9.95. The number of hydrogen-bond acceptors (Lipinski definition) is 7. The summed E-state index contributed by atoms with van der Waals surface area (Å²) in [6.45, 7) is 4.18. The normalized spacial score (nSPS) is 14.6. The van der Waals surface area contributed by atoms with Gasteiger partial charge in [0, 0.05) is 41.2 Å². The molecule has 4 heterocycles. The van der Waals surface area contributed by atoms with Gasteiger partial charge in [-0.15, -0.1) is 0 Å². The van der Waals surface area contributed by atoms with Crippen molar-refractivity contribution in [3.05, 3.63) is 84.2 Å². The fraction of sp³-hybridized carbons (Fsp3) is 0.258. The predicted octanol–water partition coefficient (Wildman–Crippen LogP) is 3.73. The highest BCUT2D eigenvalue weighted by Gasteiger charge is 2.26. The first-order valence-corrected chi connectivity index (χ1v) is 13.6. The molecule has 5 aromatic rings. The molecule has 0 atom stereocenters. The third kappa shape index (κ3) is 5.21.